The molecule has 1 atom stereocenters. The molecule has 1 rings (SSSR count). The van der Waals surface area contributed by atoms with Crippen molar-refractivity contribution >= 4 is 15.7 Å². The Kier molecular flexibility index (Phi) is 5.98. The van der Waals surface area contributed by atoms with Gasteiger partial charge in [-0.1, -0.05) is 26.8 Å². The zero-order valence-electron chi connectivity index (χ0n) is 12.3. The van der Waals surface area contributed by atoms with Crippen molar-refractivity contribution in [3.63, 3.8) is 0 Å². The normalized spacial score (nSPS) is 13.7. The van der Waals surface area contributed by atoms with Gasteiger partial charge in [0.05, 0.1) is 11.5 Å². The van der Waals surface area contributed by atoms with E-state index in [4.69, 9.17) is 5.73 Å². The summed E-state index contributed by atoms with van der Waals surface area (Å²) in [5.74, 6) is 0.293. The summed E-state index contributed by atoms with van der Waals surface area (Å²) < 4.78 is 27.4. The minimum Gasteiger partial charge on any atom is -0.399 e. The fraction of sp³-hybridized carbons (Fsp3) is 0.571. The highest BCUT2D eigenvalue weighted by Crippen LogP contribution is 2.20. The van der Waals surface area contributed by atoms with Gasteiger partial charge in [-0.25, -0.2) is 13.1 Å². The van der Waals surface area contributed by atoms with Crippen LogP contribution in [0.15, 0.2) is 23.1 Å². The monoisotopic (exact) mass is 300 g/mol. The largest absolute Gasteiger partial charge is 0.399 e. The van der Waals surface area contributed by atoms with Crippen LogP contribution < -0.4 is 10.5 Å². The Balaban J connectivity index is 3.07. The lowest BCUT2D eigenvalue weighted by atomic mass is 10.1. The second kappa shape index (κ2) is 7.06. The van der Waals surface area contributed by atoms with Gasteiger partial charge in [0.25, 0.3) is 0 Å². The van der Waals surface area contributed by atoms with Gasteiger partial charge in [-0.3, -0.25) is 0 Å². The van der Waals surface area contributed by atoms with Crippen LogP contribution in [0.2, 0.25) is 0 Å². The second-order valence-corrected chi connectivity index (χ2v) is 7.03. The van der Waals surface area contributed by atoms with E-state index in [0.29, 0.717) is 30.0 Å². The smallest absolute Gasteiger partial charge is 0.241 e. The number of hydrogen-bond donors (Lipinski definition) is 3. The lowest BCUT2D eigenvalue weighted by molar-refractivity contribution is 0.240. The molecule has 0 radical (unpaired) electrons. The fourth-order valence-corrected chi connectivity index (χ4v) is 3.71. The van der Waals surface area contributed by atoms with E-state index in [0.717, 1.165) is 0 Å². The third-order valence-electron chi connectivity index (χ3n) is 3.06. The maximum Gasteiger partial charge on any atom is 0.241 e. The van der Waals surface area contributed by atoms with Gasteiger partial charge in [0.2, 0.25) is 10.0 Å². The van der Waals surface area contributed by atoms with Gasteiger partial charge >= 0.3 is 0 Å². The lowest BCUT2D eigenvalue weighted by Crippen LogP contribution is -2.38. The number of sulfonamides is 1. The predicted octanol–water partition coefficient (Wildman–Crippen LogP) is 1.52. The Labute approximate surface area is 121 Å². The van der Waals surface area contributed by atoms with Crippen LogP contribution in [-0.2, 0) is 16.4 Å². The topological polar surface area (TPSA) is 92.4 Å². The van der Waals surface area contributed by atoms with Crippen LogP contribution in [0.5, 0.6) is 0 Å². The van der Waals surface area contributed by atoms with E-state index >= 15 is 0 Å². The number of benzene rings is 1. The molecule has 0 fully saturated rings. The van der Waals surface area contributed by atoms with Gasteiger partial charge in [-0.2, -0.15) is 0 Å². The van der Waals surface area contributed by atoms with E-state index in [1.54, 1.807) is 12.1 Å². The molecule has 0 bridgehead atoms. The Bertz CT molecular complexity index is 541. The molecule has 0 saturated carbocycles. The molecule has 0 aromatic heterocycles. The highest BCUT2D eigenvalue weighted by atomic mass is 32.2. The van der Waals surface area contributed by atoms with E-state index in [1.807, 2.05) is 20.8 Å². The molecule has 0 aliphatic rings. The number of aliphatic hydroxyl groups excluding tert-OH is 1. The molecule has 5 nitrogen and oxygen atoms in total. The molecule has 1 unspecified atom stereocenters. The first kappa shape index (κ1) is 16.9. The molecule has 4 N–H and O–H groups in total. The highest BCUT2D eigenvalue weighted by Gasteiger charge is 2.22. The van der Waals surface area contributed by atoms with Gasteiger partial charge in [0, 0.05) is 11.7 Å². The summed E-state index contributed by atoms with van der Waals surface area (Å²) >= 11 is 0. The number of anilines is 1. The summed E-state index contributed by atoms with van der Waals surface area (Å²) in [5.41, 5.74) is 6.81. The molecule has 1 aromatic carbocycles. The molecule has 0 spiro atoms. The number of nitrogen functional groups attached to an aromatic ring is 1. The molecular formula is C14H24N2O3S. The highest BCUT2D eigenvalue weighted by molar-refractivity contribution is 7.89. The maximum absolute atomic E-state index is 12.4. The number of rotatable bonds is 7. The van der Waals surface area contributed by atoms with E-state index in [1.165, 1.54) is 6.07 Å². The van der Waals surface area contributed by atoms with Crippen LogP contribution >= 0.6 is 0 Å². The van der Waals surface area contributed by atoms with Gasteiger partial charge in [-0.05, 0) is 36.5 Å². The summed E-state index contributed by atoms with van der Waals surface area (Å²) in [4.78, 5) is 0.196. The van der Waals surface area contributed by atoms with Gasteiger partial charge in [0.1, 0.15) is 0 Å². The van der Waals surface area contributed by atoms with Crippen molar-refractivity contribution in [2.75, 3.05) is 12.3 Å². The van der Waals surface area contributed by atoms with Gasteiger partial charge < -0.3 is 10.8 Å². The fourth-order valence-electron chi connectivity index (χ4n) is 2.13. The summed E-state index contributed by atoms with van der Waals surface area (Å²) in [6, 6.07) is 4.40. The zero-order chi connectivity index (χ0) is 15.3. The molecule has 6 heteroatoms. The Morgan fingerprint density at radius 3 is 2.50 bits per heavy atom. The molecule has 0 amide bonds. The van der Waals surface area contributed by atoms with E-state index < -0.39 is 16.1 Å². The SMILES string of the molecule is CCc1ccc(N)cc1S(=O)(=O)NC(CO)CC(C)C. The standard InChI is InChI=1S/C14H24N2O3S/c1-4-11-5-6-12(15)8-14(11)20(18,19)16-13(9-17)7-10(2)3/h5-6,8,10,13,16-17H,4,7,9,15H2,1-3H3. The van der Waals surface area contributed by atoms with Crippen LogP contribution in [0.4, 0.5) is 5.69 Å². The summed E-state index contributed by atoms with van der Waals surface area (Å²) in [6.07, 6.45) is 1.18. The summed E-state index contributed by atoms with van der Waals surface area (Å²) in [5, 5.41) is 9.31. The molecule has 0 heterocycles. The third kappa shape index (κ3) is 4.47. The van der Waals surface area contributed by atoms with Gasteiger partial charge in [-0.15, -0.1) is 0 Å². The predicted molar refractivity (Wildman–Crippen MR) is 80.9 cm³/mol. The molecule has 114 valence electrons. The van der Waals surface area contributed by atoms with Crippen molar-refractivity contribution in [2.24, 2.45) is 5.92 Å². The molecule has 0 saturated heterocycles. The Morgan fingerprint density at radius 2 is 2.00 bits per heavy atom. The van der Waals surface area contributed by atoms with Crippen molar-refractivity contribution in [3.05, 3.63) is 23.8 Å². The number of hydrogen-bond acceptors (Lipinski definition) is 4. The first-order valence-corrected chi connectivity index (χ1v) is 8.30. The van der Waals surface area contributed by atoms with Crippen molar-refractivity contribution in [3.8, 4) is 0 Å². The number of nitrogens with two attached hydrogens (primary N) is 1. The molecule has 0 aliphatic carbocycles. The number of nitrogens with one attached hydrogen (secondary N) is 1. The molecule has 20 heavy (non-hydrogen) atoms. The van der Waals surface area contributed by atoms with Crippen molar-refractivity contribution < 1.29 is 13.5 Å². The van der Waals surface area contributed by atoms with Crippen molar-refractivity contribution in [1.29, 1.82) is 0 Å². The third-order valence-corrected chi connectivity index (χ3v) is 4.66. The van der Waals surface area contributed by atoms with E-state index in [9.17, 15) is 13.5 Å². The van der Waals surface area contributed by atoms with Crippen molar-refractivity contribution in [1.82, 2.24) is 4.72 Å². The minimum atomic E-state index is -3.67. The number of aliphatic hydroxyl groups is 1. The molecule has 0 aliphatic heterocycles. The zero-order valence-corrected chi connectivity index (χ0v) is 13.1. The van der Waals surface area contributed by atoms with Crippen LogP contribution in [0, 0.1) is 5.92 Å². The summed E-state index contributed by atoms with van der Waals surface area (Å²) in [6.45, 7) is 5.63. The Morgan fingerprint density at radius 1 is 1.35 bits per heavy atom. The quantitative estimate of drug-likeness (QED) is 0.666. The minimum absolute atomic E-state index is 0.196. The van der Waals surface area contributed by atoms with Crippen molar-refractivity contribution in [2.45, 2.75) is 44.6 Å². The maximum atomic E-state index is 12.4. The lowest BCUT2D eigenvalue weighted by Gasteiger charge is -2.19. The summed E-state index contributed by atoms with van der Waals surface area (Å²) in [7, 11) is -3.67. The van der Waals surface area contributed by atoms with Crippen LogP contribution in [0.3, 0.4) is 0 Å². The average Bonchev–Trinajstić information content (AvgIpc) is 2.37. The number of aryl methyl sites for hydroxylation is 1. The van der Waals surface area contributed by atoms with Crippen LogP contribution in [-0.4, -0.2) is 26.2 Å². The molecule has 1 aromatic rings. The average molecular weight is 300 g/mol. The first-order valence-electron chi connectivity index (χ1n) is 6.81. The second-order valence-electron chi connectivity index (χ2n) is 5.35. The molecular weight excluding hydrogens is 276 g/mol. The van der Waals surface area contributed by atoms with Crippen LogP contribution in [0.1, 0.15) is 32.8 Å². The van der Waals surface area contributed by atoms with E-state index in [2.05, 4.69) is 4.72 Å². The van der Waals surface area contributed by atoms with E-state index in [-0.39, 0.29) is 11.5 Å². The first-order chi connectivity index (χ1) is 9.30. The van der Waals surface area contributed by atoms with Gasteiger partial charge in [0.15, 0.2) is 0 Å². The van der Waals surface area contributed by atoms with Crippen LogP contribution in [0.25, 0.3) is 0 Å². The Hall–Kier alpha value is -1.11.